The fourth-order valence-corrected chi connectivity index (χ4v) is 2.98. The molecule has 0 saturated heterocycles. The number of nitriles is 1. The first-order valence-electron chi connectivity index (χ1n) is 5.51. The predicted octanol–water partition coefficient (Wildman–Crippen LogP) is 3.40. The molecule has 4 nitrogen and oxygen atoms in total. The van der Waals surface area contributed by atoms with E-state index in [1.807, 2.05) is 10.8 Å². The number of hydrogen-bond acceptors (Lipinski definition) is 3. The summed E-state index contributed by atoms with van der Waals surface area (Å²) in [5, 5.41) is 8.76. The van der Waals surface area contributed by atoms with E-state index in [0.29, 0.717) is 6.07 Å². The van der Waals surface area contributed by atoms with Crippen molar-refractivity contribution in [1.29, 1.82) is 5.26 Å². The third-order valence-corrected chi connectivity index (χ3v) is 4.50. The highest BCUT2D eigenvalue weighted by Crippen LogP contribution is 2.26. The van der Waals surface area contributed by atoms with E-state index in [9.17, 15) is 17.2 Å². The zero-order valence-electron chi connectivity index (χ0n) is 10.3. The van der Waals surface area contributed by atoms with E-state index in [-0.39, 0.29) is 14.9 Å². The van der Waals surface area contributed by atoms with Gasteiger partial charge in [0.2, 0.25) is 0 Å². The number of nitrogens with zero attached hydrogens (tertiary/aromatic N) is 1. The third-order valence-electron chi connectivity index (χ3n) is 2.53. The normalized spacial score (nSPS) is 11.0. The van der Waals surface area contributed by atoms with Crippen LogP contribution in [0.3, 0.4) is 0 Å². The van der Waals surface area contributed by atoms with Crippen LogP contribution in [0.4, 0.5) is 14.5 Å². The Kier molecular flexibility index (Phi) is 4.25. The molecule has 2 rings (SSSR count). The monoisotopic (exact) mass is 372 g/mol. The third kappa shape index (κ3) is 3.37. The number of sulfonamides is 1. The van der Waals surface area contributed by atoms with Gasteiger partial charge in [-0.1, -0.05) is 6.07 Å². The van der Waals surface area contributed by atoms with Crippen molar-refractivity contribution in [3.63, 3.8) is 0 Å². The standard InChI is InChI=1S/C13H7BrF2N2O2S/c14-10-5-13(12(16)6-11(10)15)18-21(19,20)9-3-1-2-8(4-9)7-17/h1-6,18H. The predicted molar refractivity (Wildman–Crippen MR) is 76.0 cm³/mol. The number of rotatable bonds is 3. The number of hydrogen-bond donors (Lipinski definition) is 1. The van der Waals surface area contributed by atoms with Crippen LogP contribution in [0.25, 0.3) is 0 Å². The van der Waals surface area contributed by atoms with Gasteiger partial charge in [-0.25, -0.2) is 17.2 Å². The first kappa shape index (κ1) is 15.4. The Bertz CT molecular complexity index is 848. The summed E-state index contributed by atoms with van der Waals surface area (Å²) in [6, 6.07) is 8.60. The van der Waals surface area contributed by atoms with Crippen LogP contribution in [0.5, 0.6) is 0 Å². The van der Waals surface area contributed by atoms with E-state index < -0.39 is 27.3 Å². The molecule has 108 valence electrons. The van der Waals surface area contributed by atoms with Gasteiger partial charge in [0.05, 0.1) is 26.7 Å². The van der Waals surface area contributed by atoms with Gasteiger partial charge in [-0.15, -0.1) is 0 Å². The van der Waals surface area contributed by atoms with Gasteiger partial charge < -0.3 is 0 Å². The molecule has 0 bridgehead atoms. The van der Waals surface area contributed by atoms with Crippen LogP contribution < -0.4 is 4.72 Å². The molecule has 0 aliphatic carbocycles. The number of anilines is 1. The van der Waals surface area contributed by atoms with E-state index in [4.69, 9.17) is 5.26 Å². The van der Waals surface area contributed by atoms with E-state index in [2.05, 4.69) is 15.9 Å². The van der Waals surface area contributed by atoms with Crippen molar-refractivity contribution < 1.29 is 17.2 Å². The van der Waals surface area contributed by atoms with E-state index in [0.717, 1.165) is 12.1 Å². The Hall–Kier alpha value is -1.98. The van der Waals surface area contributed by atoms with Crippen molar-refractivity contribution in [3.05, 3.63) is 58.1 Å². The Morgan fingerprint density at radius 3 is 2.52 bits per heavy atom. The van der Waals surface area contributed by atoms with E-state index in [1.54, 1.807) is 0 Å². The molecule has 0 amide bonds. The first-order chi connectivity index (χ1) is 9.83. The van der Waals surface area contributed by atoms with Gasteiger partial charge in [0, 0.05) is 6.07 Å². The number of benzene rings is 2. The molecule has 0 heterocycles. The van der Waals surface area contributed by atoms with Crippen LogP contribution in [0.15, 0.2) is 45.8 Å². The number of nitrogens with one attached hydrogen (secondary N) is 1. The molecular formula is C13H7BrF2N2O2S. The number of halogens is 3. The van der Waals surface area contributed by atoms with Gasteiger partial charge >= 0.3 is 0 Å². The van der Waals surface area contributed by atoms with E-state index >= 15 is 0 Å². The van der Waals surface area contributed by atoms with Gasteiger partial charge in [0.15, 0.2) is 0 Å². The maximum absolute atomic E-state index is 13.6. The average molecular weight is 373 g/mol. The van der Waals surface area contributed by atoms with Crippen LogP contribution in [0, 0.1) is 23.0 Å². The smallest absolute Gasteiger partial charge is 0.262 e. The Balaban J connectivity index is 2.42. The lowest BCUT2D eigenvalue weighted by molar-refractivity contribution is 0.579. The maximum Gasteiger partial charge on any atom is 0.262 e. The molecule has 0 aliphatic rings. The van der Waals surface area contributed by atoms with Crippen LogP contribution >= 0.6 is 15.9 Å². The van der Waals surface area contributed by atoms with Gasteiger partial charge in [-0.05, 0) is 40.2 Å². The summed E-state index contributed by atoms with van der Waals surface area (Å²) >= 11 is 2.85. The minimum Gasteiger partial charge on any atom is -0.277 e. The minimum atomic E-state index is -4.08. The van der Waals surface area contributed by atoms with Crippen LogP contribution in [-0.4, -0.2) is 8.42 Å². The van der Waals surface area contributed by atoms with Crippen molar-refractivity contribution in [2.24, 2.45) is 0 Å². The molecule has 0 aromatic heterocycles. The molecule has 0 atom stereocenters. The van der Waals surface area contributed by atoms with Crippen molar-refractivity contribution >= 4 is 31.6 Å². The topological polar surface area (TPSA) is 70.0 Å². The summed E-state index contributed by atoms with van der Waals surface area (Å²) in [5.41, 5.74) is -0.246. The first-order valence-corrected chi connectivity index (χ1v) is 7.78. The summed E-state index contributed by atoms with van der Waals surface area (Å²) in [6.07, 6.45) is 0. The molecular weight excluding hydrogens is 366 g/mol. The van der Waals surface area contributed by atoms with Gasteiger partial charge in [0.25, 0.3) is 10.0 Å². The zero-order chi connectivity index (χ0) is 15.6. The van der Waals surface area contributed by atoms with E-state index in [1.165, 1.54) is 18.2 Å². The largest absolute Gasteiger partial charge is 0.277 e. The molecule has 0 aliphatic heterocycles. The summed E-state index contributed by atoms with van der Waals surface area (Å²) in [7, 11) is -4.08. The second-order valence-electron chi connectivity index (χ2n) is 3.99. The van der Waals surface area contributed by atoms with Crippen LogP contribution in [0.1, 0.15) is 5.56 Å². The molecule has 0 radical (unpaired) electrons. The summed E-state index contributed by atoms with van der Waals surface area (Å²) in [4.78, 5) is -0.193. The maximum atomic E-state index is 13.6. The molecule has 0 unspecified atom stereocenters. The molecule has 1 N–H and O–H groups in total. The quantitative estimate of drug-likeness (QED) is 0.839. The Morgan fingerprint density at radius 2 is 1.86 bits per heavy atom. The van der Waals surface area contributed by atoms with Crippen molar-refractivity contribution in [2.45, 2.75) is 4.90 Å². The lowest BCUT2D eigenvalue weighted by Gasteiger charge is -2.10. The molecule has 8 heteroatoms. The highest BCUT2D eigenvalue weighted by atomic mass is 79.9. The van der Waals surface area contributed by atoms with Crippen molar-refractivity contribution in [1.82, 2.24) is 0 Å². The minimum absolute atomic E-state index is 0.0765. The van der Waals surface area contributed by atoms with Crippen molar-refractivity contribution in [2.75, 3.05) is 4.72 Å². The molecule has 2 aromatic rings. The second kappa shape index (κ2) is 5.79. The van der Waals surface area contributed by atoms with Crippen molar-refractivity contribution in [3.8, 4) is 6.07 Å². The second-order valence-corrected chi connectivity index (χ2v) is 6.53. The zero-order valence-corrected chi connectivity index (χ0v) is 12.7. The highest BCUT2D eigenvalue weighted by Gasteiger charge is 2.18. The summed E-state index contributed by atoms with van der Waals surface area (Å²) in [6.45, 7) is 0. The summed E-state index contributed by atoms with van der Waals surface area (Å²) in [5.74, 6) is -1.89. The van der Waals surface area contributed by atoms with Gasteiger partial charge in [0.1, 0.15) is 11.6 Å². The molecule has 21 heavy (non-hydrogen) atoms. The van der Waals surface area contributed by atoms with Gasteiger partial charge in [-0.3, -0.25) is 4.72 Å². The molecule has 2 aromatic carbocycles. The lowest BCUT2D eigenvalue weighted by Crippen LogP contribution is -2.14. The van der Waals surface area contributed by atoms with Crippen LogP contribution in [-0.2, 0) is 10.0 Å². The lowest BCUT2D eigenvalue weighted by atomic mass is 10.2. The van der Waals surface area contributed by atoms with Gasteiger partial charge in [-0.2, -0.15) is 5.26 Å². The Morgan fingerprint density at radius 1 is 1.14 bits per heavy atom. The molecule has 0 fully saturated rings. The fourth-order valence-electron chi connectivity index (χ4n) is 1.54. The fraction of sp³-hybridized carbons (Fsp3) is 0. The molecule has 0 saturated carbocycles. The highest BCUT2D eigenvalue weighted by molar-refractivity contribution is 9.10. The SMILES string of the molecule is N#Cc1cccc(S(=O)(=O)Nc2cc(Br)c(F)cc2F)c1. The Labute approximate surface area is 128 Å². The average Bonchev–Trinajstić information content (AvgIpc) is 2.44. The molecule has 0 spiro atoms. The van der Waals surface area contributed by atoms with Crippen LogP contribution in [0.2, 0.25) is 0 Å². The summed E-state index contributed by atoms with van der Waals surface area (Å²) < 4.78 is 52.9.